The number of pyridine rings is 1. The van der Waals surface area contributed by atoms with Crippen LogP contribution in [-0.4, -0.2) is 27.3 Å². The molecule has 4 rings (SSSR count). The molecule has 0 aliphatic carbocycles. The first-order valence-corrected chi connectivity index (χ1v) is 10.9. The molecule has 0 atom stereocenters. The number of anilines is 2. The molecule has 3 heterocycles. The van der Waals surface area contributed by atoms with Gasteiger partial charge in [0.1, 0.15) is 16.7 Å². The van der Waals surface area contributed by atoms with Gasteiger partial charge in [-0.25, -0.2) is 9.37 Å². The quantitative estimate of drug-likeness (QED) is 0.509. The van der Waals surface area contributed by atoms with E-state index in [4.69, 9.17) is 0 Å². The Bertz CT molecular complexity index is 928. The van der Waals surface area contributed by atoms with Crippen LogP contribution in [0.5, 0.6) is 0 Å². The molecule has 3 aromatic rings. The van der Waals surface area contributed by atoms with Gasteiger partial charge in [-0.2, -0.15) is 4.37 Å². The minimum Gasteiger partial charge on any atom is -0.379 e. The van der Waals surface area contributed by atoms with E-state index in [1.54, 1.807) is 12.3 Å². The number of halogens is 1. The summed E-state index contributed by atoms with van der Waals surface area (Å²) in [5.41, 5.74) is 3.77. The smallest absolute Gasteiger partial charge is 0.149 e. The molecule has 1 fully saturated rings. The number of nitrogens with zero attached hydrogens (tertiary/aromatic N) is 3. The molecule has 2 N–H and O–H groups in total. The Hall–Kier alpha value is -2.16. The fraction of sp³-hybridized carbons (Fsp3) is 0.300. The van der Waals surface area contributed by atoms with Gasteiger partial charge < -0.3 is 10.0 Å². The van der Waals surface area contributed by atoms with E-state index in [-0.39, 0.29) is 5.82 Å². The van der Waals surface area contributed by atoms with Crippen LogP contribution >= 0.6 is 23.5 Å². The topological polar surface area (TPSA) is 53.1 Å². The van der Waals surface area contributed by atoms with E-state index in [9.17, 15) is 4.39 Å². The Morgan fingerprint density at radius 3 is 2.89 bits per heavy atom. The van der Waals surface area contributed by atoms with Crippen LogP contribution in [0.2, 0.25) is 0 Å². The predicted molar refractivity (Wildman–Crippen MR) is 114 cm³/mol. The van der Waals surface area contributed by atoms with Gasteiger partial charge in [-0.1, -0.05) is 12.1 Å². The van der Waals surface area contributed by atoms with Gasteiger partial charge in [-0.05, 0) is 67.3 Å². The molecule has 0 radical (unpaired) electrons. The molecule has 2 aromatic heterocycles. The largest absolute Gasteiger partial charge is 0.379 e. The zero-order valence-electron chi connectivity index (χ0n) is 15.6. The van der Waals surface area contributed by atoms with E-state index in [2.05, 4.69) is 24.3 Å². The van der Waals surface area contributed by atoms with Crippen LogP contribution in [0.25, 0.3) is 0 Å². The summed E-state index contributed by atoms with van der Waals surface area (Å²) in [7, 11) is 0. The van der Waals surface area contributed by atoms with Crippen molar-refractivity contribution >= 4 is 35.0 Å². The van der Waals surface area contributed by atoms with E-state index in [0.717, 1.165) is 52.9 Å². The van der Waals surface area contributed by atoms with Crippen molar-refractivity contribution in [2.75, 3.05) is 23.1 Å². The lowest BCUT2D eigenvalue weighted by molar-refractivity contribution is 0.172. The molecule has 1 aliphatic rings. The first kappa shape index (κ1) is 19.2. The number of hydrogen-bond donors (Lipinski definition) is 2. The second-order valence-corrected chi connectivity index (χ2v) is 8.28. The van der Waals surface area contributed by atoms with Gasteiger partial charge >= 0.3 is 0 Å². The zero-order chi connectivity index (χ0) is 19.3. The van der Waals surface area contributed by atoms with Gasteiger partial charge in [0.15, 0.2) is 0 Å². The predicted octanol–water partition coefficient (Wildman–Crippen LogP) is 4.92. The van der Waals surface area contributed by atoms with Gasteiger partial charge in [-0.3, -0.25) is 4.90 Å². The van der Waals surface area contributed by atoms with Crippen LogP contribution in [-0.2, 0) is 13.1 Å². The van der Waals surface area contributed by atoms with E-state index in [1.807, 2.05) is 30.5 Å². The van der Waals surface area contributed by atoms with Gasteiger partial charge in [0.25, 0.3) is 0 Å². The van der Waals surface area contributed by atoms with Gasteiger partial charge in [-0.15, -0.1) is 0 Å². The summed E-state index contributed by atoms with van der Waals surface area (Å²) < 4.78 is 21.8. The molecule has 1 aromatic carbocycles. The summed E-state index contributed by atoms with van der Waals surface area (Å²) in [6.45, 7) is 5.48. The lowest BCUT2D eigenvalue weighted by Crippen LogP contribution is -2.36. The number of rotatable bonds is 8. The number of likely N-dealkylation sites (tertiary alicyclic amines) is 1. The molecule has 28 heavy (non-hydrogen) atoms. The molecular weight excluding hydrogens is 393 g/mol. The SMILES string of the molecule is Cc1cc(SNc2ccsn2)ncc1NCc1c(F)cccc1CN1CCC1. The van der Waals surface area contributed by atoms with Gasteiger partial charge in [0.05, 0.1) is 11.9 Å². The number of benzene rings is 1. The molecule has 1 aliphatic heterocycles. The molecule has 0 spiro atoms. The Kier molecular flexibility index (Phi) is 6.09. The van der Waals surface area contributed by atoms with Crippen molar-refractivity contribution in [3.8, 4) is 0 Å². The molecule has 1 saturated heterocycles. The Morgan fingerprint density at radius 2 is 2.18 bits per heavy atom. The summed E-state index contributed by atoms with van der Waals surface area (Å²) in [5, 5.41) is 6.14. The summed E-state index contributed by atoms with van der Waals surface area (Å²) >= 11 is 2.83. The standard InChI is InChI=1S/C20H22FN5S2/c1-14-10-20(28-25-19-6-9-27-24-19)23-12-18(14)22-11-16-15(4-2-5-17(16)21)13-26-7-3-8-26/h2,4-6,9-10,12,22H,3,7-8,11,13H2,1H3,(H,24,25). The highest BCUT2D eigenvalue weighted by atomic mass is 32.2. The zero-order valence-corrected chi connectivity index (χ0v) is 17.2. The fourth-order valence-electron chi connectivity index (χ4n) is 3.05. The number of nitrogens with one attached hydrogen (secondary N) is 2. The normalized spacial score (nSPS) is 13.9. The number of aryl methyl sites for hydroxylation is 1. The lowest BCUT2D eigenvalue weighted by atomic mass is 10.0. The highest BCUT2D eigenvalue weighted by Crippen LogP contribution is 2.25. The maximum absolute atomic E-state index is 14.4. The maximum atomic E-state index is 14.4. The molecule has 0 unspecified atom stereocenters. The van der Waals surface area contributed by atoms with Crippen LogP contribution in [0.3, 0.4) is 0 Å². The van der Waals surface area contributed by atoms with Crippen molar-refractivity contribution in [1.82, 2.24) is 14.3 Å². The lowest BCUT2D eigenvalue weighted by Gasteiger charge is -2.31. The van der Waals surface area contributed by atoms with E-state index in [1.165, 1.54) is 36.0 Å². The second-order valence-electron chi connectivity index (χ2n) is 6.79. The highest BCUT2D eigenvalue weighted by Gasteiger charge is 2.17. The van der Waals surface area contributed by atoms with Crippen molar-refractivity contribution in [2.24, 2.45) is 0 Å². The van der Waals surface area contributed by atoms with Crippen molar-refractivity contribution in [3.63, 3.8) is 0 Å². The molecular formula is C20H22FN5S2. The Labute approximate surface area is 172 Å². The van der Waals surface area contributed by atoms with Crippen LogP contribution < -0.4 is 10.0 Å². The Morgan fingerprint density at radius 1 is 1.29 bits per heavy atom. The van der Waals surface area contributed by atoms with Crippen LogP contribution in [0.15, 0.2) is 46.9 Å². The summed E-state index contributed by atoms with van der Waals surface area (Å²) in [4.78, 5) is 6.82. The molecule has 8 heteroatoms. The minimum atomic E-state index is -0.157. The van der Waals surface area contributed by atoms with Gasteiger partial charge in [0.2, 0.25) is 0 Å². The fourth-order valence-corrected chi connectivity index (χ4v) is 4.25. The van der Waals surface area contributed by atoms with E-state index >= 15 is 0 Å². The number of aromatic nitrogens is 2. The molecule has 0 amide bonds. The monoisotopic (exact) mass is 415 g/mol. The molecule has 0 bridgehead atoms. The maximum Gasteiger partial charge on any atom is 0.149 e. The first-order valence-electron chi connectivity index (χ1n) is 9.21. The van der Waals surface area contributed by atoms with E-state index < -0.39 is 0 Å². The average Bonchev–Trinajstić information content (AvgIpc) is 3.17. The molecule has 5 nitrogen and oxygen atoms in total. The van der Waals surface area contributed by atoms with Crippen LogP contribution in [0.4, 0.5) is 15.9 Å². The summed E-state index contributed by atoms with van der Waals surface area (Å²) in [5.74, 6) is 0.668. The van der Waals surface area contributed by atoms with Crippen molar-refractivity contribution in [2.45, 2.75) is 31.5 Å². The third-order valence-corrected chi connectivity index (χ3v) is 6.10. The average molecular weight is 416 g/mol. The van der Waals surface area contributed by atoms with Gasteiger partial charge in [0, 0.05) is 36.0 Å². The molecule has 0 saturated carbocycles. The first-order chi connectivity index (χ1) is 13.7. The third kappa shape index (κ3) is 4.63. The summed E-state index contributed by atoms with van der Waals surface area (Å²) in [6, 6.07) is 9.28. The Balaban J connectivity index is 1.40. The van der Waals surface area contributed by atoms with Crippen molar-refractivity contribution in [3.05, 3.63) is 64.4 Å². The summed E-state index contributed by atoms with van der Waals surface area (Å²) in [6.07, 6.45) is 3.03. The van der Waals surface area contributed by atoms with Crippen LogP contribution in [0, 0.1) is 12.7 Å². The van der Waals surface area contributed by atoms with Crippen molar-refractivity contribution < 1.29 is 4.39 Å². The van der Waals surface area contributed by atoms with E-state index in [0.29, 0.717) is 6.54 Å². The second kappa shape index (κ2) is 8.89. The van der Waals surface area contributed by atoms with Crippen molar-refractivity contribution in [1.29, 1.82) is 0 Å². The highest BCUT2D eigenvalue weighted by molar-refractivity contribution is 8.00. The minimum absolute atomic E-state index is 0.157. The molecule has 146 valence electrons. The van der Waals surface area contributed by atoms with Crippen LogP contribution in [0.1, 0.15) is 23.1 Å². The number of hydrogen-bond acceptors (Lipinski definition) is 7. The third-order valence-electron chi connectivity index (χ3n) is 4.80.